The van der Waals surface area contributed by atoms with Crippen molar-refractivity contribution in [2.75, 3.05) is 33.8 Å². The molecule has 4 nitrogen and oxygen atoms in total. The van der Waals surface area contributed by atoms with Crippen molar-refractivity contribution in [2.24, 2.45) is 0 Å². The van der Waals surface area contributed by atoms with Gasteiger partial charge in [-0.2, -0.15) is 0 Å². The minimum atomic E-state index is -0.0187. The monoisotopic (exact) mass is 296 g/mol. The molecule has 0 spiro atoms. The van der Waals surface area contributed by atoms with E-state index in [1.807, 2.05) is 38.4 Å². The van der Waals surface area contributed by atoms with Crippen LogP contribution < -0.4 is 5.32 Å². The maximum atomic E-state index is 11.9. The Hall–Kier alpha value is -1.04. The van der Waals surface area contributed by atoms with E-state index in [0.29, 0.717) is 12.1 Å². The summed E-state index contributed by atoms with van der Waals surface area (Å²) in [5, 5.41) is 2.92. The van der Waals surface area contributed by atoms with E-state index in [2.05, 4.69) is 17.1 Å². The molecule has 5 heteroatoms. The molecule has 0 aromatic heterocycles. The zero-order valence-electron chi connectivity index (χ0n) is 12.5. The molecule has 0 fully saturated rings. The van der Waals surface area contributed by atoms with E-state index < -0.39 is 0 Å². The Morgan fingerprint density at radius 2 is 2.00 bits per heavy atom. The second-order valence-electron chi connectivity index (χ2n) is 4.84. The van der Waals surface area contributed by atoms with Crippen LogP contribution in [0.4, 0.5) is 0 Å². The minimum Gasteiger partial charge on any atom is -0.352 e. The van der Waals surface area contributed by atoms with Crippen LogP contribution in [0, 0.1) is 0 Å². The predicted octanol–water partition coefficient (Wildman–Crippen LogP) is 2.80. The van der Waals surface area contributed by atoms with Crippen LogP contribution in [0.15, 0.2) is 29.2 Å². The molecule has 1 rings (SSSR count). The molecular weight excluding hydrogens is 272 g/mol. The second-order valence-corrected chi connectivity index (χ2v) is 5.72. The van der Waals surface area contributed by atoms with Gasteiger partial charge in [-0.1, -0.05) is 6.92 Å². The Labute approximate surface area is 126 Å². The predicted molar refractivity (Wildman–Crippen MR) is 84.0 cm³/mol. The van der Waals surface area contributed by atoms with Gasteiger partial charge in [-0.05, 0) is 57.7 Å². The number of carbonyl (C=O) groups is 1. The molecule has 0 radical (unpaired) electrons. The molecule has 0 aliphatic carbocycles. The Morgan fingerprint density at radius 3 is 2.60 bits per heavy atom. The molecule has 0 unspecified atom stereocenters. The van der Waals surface area contributed by atoms with Crippen molar-refractivity contribution in [1.82, 2.24) is 10.2 Å². The van der Waals surface area contributed by atoms with E-state index in [1.54, 1.807) is 0 Å². The highest BCUT2D eigenvalue weighted by Gasteiger charge is 2.05. The molecule has 20 heavy (non-hydrogen) atoms. The first-order valence-corrected chi connectivity index (χ1v) is 7.70. The first-order valence-electron chi connectivity index (χ1n) is 6.96. The van der Waals surface area contributed by atoms with Crippen LogP contribution in [0.1, 0.15) is 30.1 Å². The van der Waals surface area contributed by atoms with Crippen molar-refractivity contribution in [3.8, 4) is 0 Å². The number of carbonyl (C=O) groups excluding carboxylic acids is 1. The topological polar surface area (TPSA) is 41.6 Å². The SMILES string of the molecule is CCCOSc1ccc(C(=O)NCCCN(C)C)cc1. The van der Waals surface area contributed by atoms with Gasteiger partial charge in [0.05, 0.1) is 6.61 Å². The van der Waals surface area contributed by atoms with Crippen molar-refractivity contribution in [2.45, 2.75) is 24.7 Å². The van der Waals surface area contributed by atoms with Crippen molar-refractivity contribution in [3.05, 3.63) is 29.8 Å². The molecule has 0 saturated carbocycles. The molecule has 1 aromatic rings. The molecule has 1 amide bonds. The highest BCUT2D eigenvalue weighted by Crippen LogP contribution is 2.19. The highest BCUT2D eigenvalue weighted by atomic mass is 32.2. The third kappa shape index (κ3) is 6.93. The van der Waals surface area contributed by atoms with Crippen LogP contribution in [-0.4, -0.2) is 44.6 Å². The van der Waals surface area contributed by atoms with E-state index in [1.165, 1.54) is 12.0 Å². The van der Waals surface area contributed by atoms with Crippen LogP contribution in [-0.2, 0) is 4.18 Å². The summed E-state index contributed by atoms with van der Waals surface area (Å²) in [7, 11) is 4.05. The van der Waals surface area contributed by atoms with Crippen molar-refractivity contribution >= 4 is 17.9 Å². The number of benzene rings is 1. The molecule has 0 bridgehead atoms. The van der Waals surface area contributed by atoms with Crippen LogP contribution in [0.25, 0.3) is 0 Å². The molecule has 0 atom stereocenters. The Bertz CT molecular complexity index is 393. The van der Waals surface area contributed by atoms with Crippen molar-refractivity contribution in [1.29, 1.82) is 0 Å². The summed E-state index contributed by atoms with van der Waals surface area (Å²) >= 11 is 1.35. The number of hydrogen-bond donors (Lipinski definition) is 1. The van der Waals surface area contributed by atoms with Crippen molar-refractivity contribution in [3.63, 3.8) is 0 Å². The van der Waals surface area contributed by atoms with E-state index >= 15 is 0 Å². The molecular formula is C15H24N2O2S. The summed E-state index contributed by atoms with van der Waals surface area (Å²) in [4.78, 5) is 15.0. The first kappa shape index (κ1) is 17.0. The third-order valence-corrected chi connectivity index (χ3v) is 3.38. The lowest BCUT2D eigenvalue weighted by atomic mass is 10.2. The molecule has 0 aliphatic heterocycles. The van der Waals surface area contributed by atoms with E-state index in [0.717, 1.165) is 30.9 Å². The summed E-state index contributed by atoms with van der Waals surface area (Å²) in [6, 6.07) is 7.49. The average Bonchev–Trinajstić information content (AvgIpc) is 2.44. The summed E-state index contributed by atoms with van der Waals surface area (Å²) < 4.78 is 5.38. The highest BCUT2D eigenvalue weighted by molar-refractivity contribution is 7.94. The van der Waals surface area contributed by atoms with Crippen LogP contribution >= 0.6 is 12.0 Å². The van der Waals surface area contributed by atoms with Gasteiger partial charge in [-0.3, -0.25) is 4.79 Å². The van der Waals surface area contributed by atoms with Crippen molar-refractivity contribution < 1.29 is 8.98 Å². The van der Waals surface area contributed by atoms with Gasteiger partial charge in [0, 0.05) is 29.0 Å². The quantitative estimate of drug-likeness (QED) is 0.562. The lowest BCUT2D eigenvalue weighted by molar-refractivity contribution is 0.0952. The van der Waals surface area contributed by atoms with Crippen LogP contribution in [0.3, 0.4) is 0 Å². The van der Waals surface area contributed by atoms with Gasteiger partial charge in [-0.15, -0.1) is 0 Å². The number of nitrogens with zero attached hydrogens (tertiary/aromatic N) is 1. The number of rotatable bonds is 9. The molecule has 0 heterocycles. The zero-order chi connectivity index (χ0) is 14.8. The largest absolute Gasteiger partial charge is 0.352 e. The fourth-order valence-electron chi connectivity index (χ4n) is 1.55. The summed E-state index contributed by atoms with van der Waals surface area (Å²) in [6.07, 6.45) is 1.96. The summed E-state index contributed by atoms with van der Waals surface area (Å²) in [5.74, 6) is -0.0187. The smallest absolute Gasteiger partial charge is 0.251 e. The Morgan fingerprint density at radius 1 is 1.30 bits per heavy atom. The van der Waals surface area contributed by atoms with Gasteiger partial charge in [0.15, 0.2) is 0 Å². The fourth-order valence-corrected chi connectivity index (χ4v) is 2.19. The first-order chi connectivity index (χ1) is 9.63. The molecule has 1 N–H and O–H groups in total. The van der Waals surface area contributed by atoms with Gasteiger partial charge in [0.2, 0.25) is 0 Å². The Balaban J connectivity index is 2.33. The van der Waals surface area contributed by atoms with Gasteiger partial charge >= 0.3 is 0 Å². The molecule has 0 saturated heterocycles. The maximum Gasteiger partial charge on any atom is 0.251 e. The summed E-state index contributed by atoms with van der Waals surface area (Å²) in [6.45, 7) is 4.49. The molecule has 1 aromatic carbocycles. The van der Waals surface area contributed by atoms with E-state index in [4.69, 9.17) is 4.18 Å². The standard InChI is InChI=1S/C15H24N2O2S/c1-4-12-19-20-14-8-6-13(7-9-14)15(18)16-10-5-11-17(2)3/h6-9H,4-5,10-12H2,1-3H3,(H,16,18). The van der Waals surface area contributed by atoms with Gasteiger partial charge in [-0.25, -0.2) is 0 Å². The number of amides is 1. The number of nitrogens with one attached hydrogen (secondary N) is 1. The minimum absolute atomic E-state index is 0.0187. The van der Waals surface area contributed by atoms with Crippen LogP contribution in [0.5, 0.6) is 0 Å². The lowest BCUT2D eigenvalue weighted by Crippen LogP contribution is -2.27. The van der Waals surface area contributed by atoms with Gasteiger partial charge in [0.1, 0.15) is 0 Å². The van der Waals surface area contributed by atoms with Crippen LogP contribution in [0.2, 0.25) is 0 Å². The second kappa shape index (κ2) is 9.80. The Kier molecular flexibility index (Phi) is 8.34. The average molecular weight is 296 g/mol. The maximum absolute atomic E-state index is 11.9. The van der Waals surface area contributed by atoms with E-state index in [9.17, 15) is 4.79 Å². The zero-order valence-corrected chi connectivity index (χ0v) is 13.3. The fraction of sp³-hybridized carbons (Fsp3) is 0.533. The number of hydrogen-bond acceptors (Lipinski definition) is 4. The summed E-state index contributed by atoms with van der Waals surface area (Å²) in [5.41, 5.74) is 0.690. The lowest BCUT2D eigenvalue weighted by Gasteiger charge is -2.10. The van der Waals surface area contributed by atoms with E-state index in [-0.39, 0.29) is 5.91 Å². The normalized spacial score (nSPS) is 10.8. The molecule has 0 aliphatic rings. The van der Waals surface area contributed by atoms with Gasteiger partial charge < -0.3 is 14.4 Å². The third-order valence-electron chi connectivity index (χ3n) is 2.63. The van der Waals surface area contributed by atoms with Gasteiger partial charge in [0.25, 0.3) is 5.91 Å². The molecule has 112 valence electrons.